The molecule has 2 aromatic rings. The first-order valence-corrected chi connectivity index (χ1v) is 12.0. The molecule has 2 atom stereocenters. The number of carbonyl (C=O) groups is 1. The van der Waals surface area contributed by atoms with Gasteiger partial charge in [-0.25, -0.2) is 4.68 Å². The van der Waals surface area contributed by atoms with Gasteiger partial charge in [-0.2, -0.15) is 10.1 Å². The Labute approximate surface area is 183 Å². The van der Waals surface area contributed by atoms with Crippen molar-refractivity contribution in [3.05, 3.63) is 40.7 Å². The van der Waals surface area contributed by atoms with Crippen molar-refractivity contribution in [2.75, 3.05) is 4.90 Å². The number of carbonyl (C=O) groups excluding carboxylic acids is 1. The minimum Gasteiger partial charge on any atom is -0.273 e. The molecular weight excluding hydrogens is 396 g/mol. The van der Waals surface area contributed by atoms with Gasteiger partial charge in [-0.3, -0.25) is 9.69 Å². The molecule has 2 aliphatic carbocycles. The lowest BCUT2D eigenvalue weighted by Gasteiger charge is -2.55. The summed E-state index contributed by atoms with van der Waals surface area (Å²) in [5, 5.41) is 5.55. The first-order valence-electron chi connectivity index (χ1n) is 11.6. The fourth-order valence-electron chi connectivity index (χ4n) is 6.12. The number of hydrogen-bond donors (Lipinski definition) is 0. The third-order valence-electron chi connectivity index (χ3n) is 7.55. The van der Waals surface area contributed by atoms with Crippen LogP contribution < -0.4 is 4.90 Å². The molecule has 1 aliphatic heterocycles. The lowest BCUT2D eigenvalue weighted by molar-refractivity contribution is 0.0310. The van der Waals surface area contributed by atoms with Gasteiger partial charge in [-0.05, 0) is 37.8 Å². The van der Waals surface area contributed by atoms with Crippen molar-refractivity contribution < 1.29 is 4.79 Å². The van der Waals surface area contributed by atoms with Gasteiger partial charge in [-0.15, -0.1) is 0 Å². The Morgan fingerprint density at radius 2 is 1.83 bits per heavy atom. The second-order valence-electron chi connectivity index (χ2n) is 9.61. The third kappa shape index (κ3) is 3.00. The van der Waals surface area contributed by atoms with Gasteiger partial charge in [0.25, 0.3) is 5.91 Å². The van der Waals surface area contributed by atoms with Crippen molar-refractivity contribution in [1.29, 1.82) is 0 Å². The van der Waals surface area contributed by atoms with E-state index in [-0.39, 0.29) is 23.4 Å². The van der Waals surface area contributed by atoms with Crippen LogP contribution in [0.1, 0.15) is 93.7 Å². The standard InChI is InChI=1S/C24H31ClN4O/c1-16(2)21-26-23-28(22(30)17-10-4-6-12-19(17)25)20-13-7-5-11-18(20)24(29(23)27-21)14-8-3-9-15-24/h4,6,10,12,16,18,20H,3,5,7-9,11,13-15H2,1-2H3/t18-,20+/m1/s1. The lowest BCUT2D eigenvalue weighted by Crippen LogP contribution is -2.61. The van der Waals surface area contributed by atoms with Crippen molar-refractivity contribution in [3.8, 4) is 0 Å². The second-order valence-corrected chi connectivity index (χ2v) is 10.0. The number of hydrogen-bond acceptors (Lipinski definition) is 3. The number of anilines is 1. The molecule has 0 N–H and O–H groups in total. The van der Waals surface area contributed by atoms with E-state index >= 15 is 0 Å². The van der Waals surface area contributed by atoms with E-state index < -0.39 is 0 Å². The molecule has 1 spiro atoms. The highest BCUT2D eigenvalue weighted by Crippen LogP contribution is 2.53. The van der Waals surface area contributed by atoms with Crippen LogP contribution in [0.4, 0.5) is 5.95 Å². The maximum Gasteiger partial charge on any atom is 0.262 e. The molecular formula is C24H31ClN4O. The van der Waals surface area contributed by atoms with Gasteiger partial charge in [0.05, 0.1) is 16.1 Å². The Balaban J connectivity index is 1.69. The first-order chi connectivity index (χ1) is 14.5. The minimum atomic E-state index is -0.0351. The third-order valence-corrected chi connectivity index (χ3v) is 7.88. The number of halogens is 1. The molecule has 6 heteroatoms. The van der Waals surface area contributed by atoms with Crippen molar-refractivity contribution in [2.24, 2.45) is 5.92 Å². The van der Waals surface area contributed by atoms with Crippen LogP contribution in [0.25, 0.3) is 0 Å². The summed E-state index contributed by atoms with van der Waals surface area (Å²) in [7, 11) is 0. The molecule has 2 fully saturated rings. The molecule has 2 heterocycles. The van der Waals surface area contributed by atoms with Gasteiger partial charge in [-0.1, -0.05) is 69.7 Å². The summed E-state index contributed by atoms with van der Waals surface area (Å²) in [6.07, 6.45) is 10.7. The van der Waals surface area contributed by atoms with E-state index in [9.17, 15) is 4.79 Å². The average Bonchev–Trinajstić information content (AvgIpc) is 3.21. The van der Waals surface area contributed by atoms with Gasteiger partial charge < -0.3 is 0 Å². The fourth-order valence-corrected chi connectivity index (χ4v) is 6.34. The van der Waals surface area contributed by atoms with Crippen LogP contribution in [0.15, 0.2) is 24.3 Å². The lowest BCUT2D eigenvalue weighted by atomic mass is 9.64. The van der Waals surface area contributed by atoms with Crippen LogP contribution in [0.5, 0.6) is 0 Å². The van der Waals surface area contributed by atoms with Crippen LogP contribution in [0, 0.1) is 5.92 Å². The quantitative estimate of drug-likeness (QED) is 0.597. The van der Waals surface area contributed by atoms with E-state index in [4.69, 9.17) is 21.7 Å². The smallest absolute Gasteiger partial charge is 0.262 e. The Kier molecular flexibility index (Phi) is 5.12. The zero-order valence-corrected chi connectivity index (χ0v) is 18.7. The van der Waals surface area contributed by atoms with E-state index in [1.807, 2.05) is 23.1 Å². The molecule has 3 aliphatic rings. The van der Waals surface area contributed by atoms with Crippen LogP contribution >= 0.6 is 11.6 Å². The maximum atomic E-state index is 13.8. The van der Waals surface area contributed by atoms with Crippen molar-refractivity contribution in [3.63, 3.8) is 0 Å². The predicted octanol–water partition coefficient (Wildman–Crippen LogP) is 5.93. The van der Waals surface area contributed by atoms with E-state index in [0.29, 0.717) is 16.5 Å². The average molecular weight is 427 g/mol. The van der Waals surface area contributed by atoms with Crippen molar-refractivity contribution in [1.82, 2.24) is 14.8 Å². The molecule has 1 aromatic heterocycles. The van der Waals surface area contributed by atoms with Gasteiger partial charge in [0.2, 0.25) is 5.95 Å². The molecule has 30 heavy (non-hydrogen) atoms. The highest BCUT2D eigenvalue weighted by atomic mass is 35.5. The Morgan fingerprint density at radius 3 is 2.57 bits per heavy atom. The van der Waals surface area contributed by atoms with E-state index in [2.05, 4.69) is 18.5 Å². The summed E-state index contributed by atoms with van der Waals surface area (Å²) in [6, 6.07) is 7.56. The molecule has 0 saturated heterocycles. The fraction of sp³-hybridized carbons (Fsp3) is 0.625. The van der Waals surface area contributed by atoms with Crippen molar-refractivity contribution in [2.45, 2.75) is 89.1 Å². The SMILES string of the molecule is CC(C)c1nc2n(n1)C1(CCCCC1)[C@@H]1CCCC[C@@H]1N2C(=O)c1ccccc1Cl. The largest absolute Gasteiger partial charge is 0.273 e. The Hall–Kier alpha value is -1.88. The highest BCUT2D eigenvalue weighted by Gasteiger charge is 2.55. The number of aromatic nitrogens is 3. The molecule has 0 radical (unpaired) electrons. The number of benzene rings is 1. The van der Waals surface area contributed by atoms with Crippen LogP contribution in [0.3, 0.4) is 0 Å². The van der Waals surface area contributed by atoms with Gasteiger partial charge >= 0.3 is 0 Å². The zero-order chi connectivity index (χ0) is 20.9. The van der Waals surface area contributed by atoms with Crippen LogP contribution in [0.2, 0.25) is 5.02 Å². The molecule has 0 unspecified atom stereocenters. The van der Waals surface area contributed by atoms with Crippen molar-refractivity contribution >= 4 is 23.5 Å². The number of nitrogens with zero attached hydrogens (tertiary/aromatic N) is 4. The molecule has 5 nitrogen and oxygen atoms in total. The van der Waals surface area contributed by atoms with Gasteiger partial charge in [0.15, 0.2) is 5.82 Å². The maximum absolute atomic E-state index is 13.8. The normalized spacial score (nSPS) is 25.3. The summed E-state index contributed by atoms with van der Waals surface area (Å²) in [6.45, 7) is 4.25. The molecule has 5 rings (SSSR count). The second kappa shape index (κ2) is 7.67. The summed E-state index contributed by atoms with van der Waals surface area (Å²) < 4.78 is 2.18. The van der Waals surface area contributed by atoms with Crippen LogP contribution in [-0.2, 0) is 5.54 Å². The summed E-state index contributed by atoms with van der Waals surface area (Å²) >= 11 is 6.45. The first kappa shape index (κ1) is 20.0. The predicted molar refractivity (Wildman–Crippen MR) is 119 cm³/mol. The monoisotopic (exact) mass is 426 g/mol. The summed E-state index contributed by atoms with van der Waals surface area (Å²) in [4.78, 5) is 20.8. The van der Waals surface area contributed by atoms with E-state index in [1.54, 1.807) is 6.07 Å². The topological polar surface area (TPSA) is 51.0 Å². The zero-order valence-electron chi connectivity index (χ0n) is 18.0. The minimum absolute atomic E-state index is 0.00999. The Bertz CT molecular complexity index is 946. The molecule has 2 saturated carbocycles. The Morgan fingerprint density at radius 1 is 1.10 bits per heavy atom. The summed E-state index contributed by atoms with van der Waals surface area (Å²) in [5.74, 6) is 2.21. The van der Waals surface area contributed by atoms with Gasteiger partial charge in [0.1, 0.15) is 0 Å². The highest BCUT2D eigenvalue weighted by molar-refractivity contribution is 6.34. The molecule has 1 amide bonds. The number of fused-ring (bicyclic) bond motifs is 4. The molecule has 0 bridgehead atoms. The molecule has 1 aromatic carbocycles. The number of rotatable bonds is 2. The van der Waals surface area contributed by atoms with E-state index in [1.165, 1.54) is 25.7 Å². The van der Waals surface area contributed by atoms with E-state index in [0.717, 1.165) is 43.9 Å². The number of amides is 1. The van der Waals surface area contributed by atoms with Crippen LogP contribution in [-0.4, -0.2) is 26.7 Å². The summed E-state index contributed by atoms with van der Waals surface area (Å²) in [5.41, 5.74) is 0.569. The van der Waals surface area contributed by atoms with Gasteiger partial charge in [0, 0.05) is 17.9 Å². The molecule has 160 valence electrons.